The second kappa shape index (κ2) is 8.76. The molecule has 3 aromatic rings. The van der Waals surface area contributed by atoms with Gasteiger partial charge in [-0.3, -0.25) is 9.69 Å². The molecule has 0 unspecified atom stereocenters. The number of rotatable bonds is 3. The minimum absolute atomic E-state index is 0.0557. The van der Waals surface area contributed by atoms with Gasteiger partial charge in [-0.05, 0) is 54.5 Å². The van der Waals surface area contributed by atoms with Crippen LogP contribution < -0.4 is 4.90 Å². The average Bonchev–Trinajstić information content (AvgIpc) is 3.40. The van der Waals surface area contributed by atoms with Crippen LogP contribution in [0.3, 0.4) is 0 Å². The first-order valence-electron chi connectivity index (χ1n) is 19.5. The highest BCUT2D eigenvalue weighted by atomic mass is 16.5. The molecule has 0 saturated carbocycles. The summed E-state index contributed by atoms with van der Waals surface area (Å²) in [6, 6.07) is 5.11. The number of ketones is 1. The fourth-order valence-electron chi connectivity index (χ4n) is 4.90. The number of aromatic amines is 1. The standard InChI is InChI=1S/C30H34N4O2/c1-4-20-16-23-24(17-26(20)34-9-7-21(8-10-34)33-11-13-36-14-12-33)30(2,3)29-27(28(23)35)22-6-5-19(18-31)15-25(22)32-29/h5-6,15-17,21,32H,4,7-14H2,1-3H3/i1D,4D2,7D2,8D2,9D2,10D2,13D2,14D2,21D. The Labute approximate surface area is 235 Å². The quantitative estimate of drug-likeness (QED) is 0.563. The lowest BCUT2D eigenvalue weighted by molar-refractivity contribution is 0.0115. The van der Waals surface area contributed by atoms with E-state index in [0.29, 0.717) is 27.1 Å². The van der Waals surface area contributed by atoms with Gasteiger partial charge in [0.15, 0.2) is 5.78 Å². The zero-order valence-corrected chi connectivity index (χ0v) is 19.7. The van der Waals surface area contributed by atoms with Crippen molar-refractivity contribution in [2.75, 3.05) is 44.1 Å². The van der Waals surface area contributed by atoms with Gasteiger partial charge in [0.25, 0.3) is 0 Å². The Kier molecular flexibility index (Phi) is 2.80. The van der Waals surface area contributed by atoms with Crippen LogP contribution in [0.1, 0.15) is 93.7 Å². The van der Waals surface area contributed by atoms with Crippen LogP contribution in [-0.2, 0) is 16.5 Å². The van der Waals surface area contributed by atoms with Gasteiger partial charge < -0.3 is 14.6 Å². The Morgan fingerprint density at radius 1 is 1.28 bits per heavy atom. The van der Waals surface area contributed by atoms with E-state index in [4.69, 9.17) is 19.8 Å². The largest absolute Gasteiger partial charge is 0.379 e. The molecular formula is C30H34N4O2. The first-order valence-corrected chi connectivity index (χ1v) is 11.3. The Balaban J connectivity index is 1.63. The van der Waals surface area contributed by atoms with E-state index in [2.05, 4.69) is 4.98 Å². The first kappa shape index (κ1) is 11.5. The minimum atomic E-state index is -3.84. The third-order valence-corrected chi connectivity index (χ3v) is 6.81. The number of aryl methyl sites for hydroxylation is 1. The second-order valence-electron chi connectivity index (χ2n) is 9.20. The highest BCUT2D eigenvalue weighted by Crippen LogP contribution is 2.46. The molecule has 2 aliphatic heterocycles. The number of nitrogens with zero attached hydrogens (tertiary/aromatic N) is 3. The summed E-state index contributed by atoms with van der Waals surface area (Å²) in [5.74, 6) is -0.606. The highest BCUT2D eigenvalue weighted by Gasteiger charge is 2.40. The molecule has 36 heavy (non-hydrogen) atoms. The smallest absolute Gasteiger partial charge is 0.195 e. The van der Waals surface area contributed by atoms with Crippen LogP contribution in [0.15, 0.2) is 30.3 Å². The van der Waals surface area contributed by atoms with Crippen LogP contribution in [0.25, 0.3) is 10.9 Å². The van der Waals surface area contributed by atoms with Gasteiger partial charge in [-0.15, -0.1) is 0 Å². The van der Waals surface area contributed by atoms with Crippen LogP contribution in [-0.4, -0.2) is 60.9 Å². The van der Waals surface area contributed by atoms with E-state index in [1.54, 1.807) is 19.9 Å². The summed E-state index contributed by atoms with van der Waals surface area (Å²) in [6.07, 6.45) is -10.4. The Bertz CT molecular complexity index is 2030. The first-order chi connectivity index (χ1) is 23.5. The number of H-pyrrole nitrogens is 1. The van der Waals surface area contributed by atoms with E-state index in [1.165, 1.54) is 12.1 Å². The molecule has 2 aromatic carbocycles. The van der Waals surface area contributed by atoms with Crippen LogP contribution in [0.2, 0.25) is 0 Å². The fraction of sp³-hybridized carbons (Fsp3) is 0.467. The van der Waals surface area contributed by atoms with E-state index >= 15 is 0 Å². The number of anilines is 1. The Morgan fingerprint density at radius 2 is 2.06 bits per heavy atom. The number of hydrogen-bond donors (Lipinski definition) is 1. The van der Waals surface area contributed by atoms with Crippen molar-refractivity contribution >= 4 is 22.4 Å². The molecule has 6 heteroatoms. The highest BCUT2D eigenvalue weighted by molar-refractivity contribution is 6.20. The molecule has 0 atom stereocenters. The summed E-state index contributed by atoms with van der Waals surface area (Å²) in [5.41, 5.74) is -1.25. The predicted octanol–water partition coefficient (Wildman–Crippen LogP) is 4.77. The minimum Gasteiger partial charge on any atom is -0.379 e. The summed E-state index contributed by atoms with van der Waals surface area (Å²) < 4.78 is 145. The zero-order valence-electron chi connectivity index (χ0n) is 35.7. The summed E-state index contributed by atoms with van der Waals surface area (Å²) >= 11 is 0. The number of hydrogen-bond acceptors (Lipinski definition) is 5. The monoisotopic (exact) mass is 498 g/mol. The van der Waals surface area contributed by atoms with Crippen LogP contribution in [0, 0.1) is 11.3 Å². The molecular weight excluding hydrogens is 448 g/mol. The van der Waals surface area contributed by atoms with Gasteiger partial charge in [-0.2, -0.15) is 5.26 Å². The van der Waals surface area contributed by atoms with Gasteiger partial charge in [0.2, 0.25) is 0 Å². The number of morpholine rings is 1. The number of benzene rings is 2. The van der Waals surface area contributed by atoms with Crippen molar-refractivity contribution in [1.82, 2.24) is 9.88 Å². The molecule has 3 aliphatic rings. The maximum atomic E-state index is 14.3. The predicted molar refractivity (Wildman–Crippen MR) is 142 cm³/mol. The summed E-state index contributed by atoms with van der Waals surface area (Å²) in [7, 11) is 0. The molecule has 1 aromatic heterocycles. The molecule has 2 fully saturated rings. The number of nitrogens with one attached hydrogen (secondary N) is 1. The van der Waals surface area contributed by atoms with E-state index in [-0.39, 0.29) is 21.6 Å². The molecule has 0 bridgehead atoms. The van der Waals surface area contributed by atoms with Crippen molar-refractivity contribution in [2.24, 2.45) is 0 Å². The molecule has 186 valence electrons. The van der Waals surface area contributed by atoms with Crippen LogP contribution in [0.4, 0.5) is 5.69 Å². The van der Waals surface area contributed by atoms with Gasteiger partial charge in [-0.1, -0.05) is 26.8 Å². The second-order valence-corrected chi connectivity index (χ2v) is 9.20. The molecule has 0 spiro atoms. The number of piperidine rings is 1. The Morgan fingerprint density at radius 3 is 2.78 bits per heavy atom. The van der Waals surface area contributed by atoms with Crippen molar-refractivity contribution in [1.29, 1.82) is 5.26 Å². The molecule has 3 heterocycles. The van der Waals surface area contributed by atoms with Crippen molar-refractivity contribution in [2.45, 2.75) is 51.3 Å². The number of carbonyl (C=O) groups is 1. The number of aromatic nitrogens is 1. The third-order valence-electron chi connectivity index (χ3n) is 6.81. The van der Waals surface area contributed by atoms with Gasteiger partial charge in [-0.25, -0.2) is 0 Å². The summed E-state index contributed by atoms with van der Waals surface area (Å²) in [4.78, 5) is 17.8. The lowest BCUT2D eigenvalue weighted by atomic mass is 9.70. The summed E-state index contributed by atoms with van der Waals surface area (Å²) in [5, 5.41) is 9.90. The molecule has 6 rings (SSSR count). The maximum absolute atomic E-state index is 14.3. The number of carbonyl (C=O) groups excluding carboxylic acids is 1. The van der Waals surface area contributed by atoms with Crippen LogP contribution in [0.5, 0.6) is 0 Å². The zero-order chi connectivity index (χ0) is 39.2. The van der Waals surface area contributed by atoms with Crippen molar-refractivity contribution in [3.05, 3.63) is 63.8 Å². The van der Waals surface area contributed by atoms with E-state index in [9.17, 15) is 16.9 Å². The lowest BCUT2D eigenvalue weighted by Gasteiger charge is -2.42. The number of ether oxygens (including phenoxy) is 1. The molecule has 0 amide bonds. The maximum Gasteiger partial charge on any atom is 0.195 e. The molecule has 2 saturated heterocycles. The van der Waals surface area contributed by atoms with Gasteiger partial charge in [0.1, 0.15) is 0 Å². The van der Waals surface area contributed by atoms with E-state index in [1.807, 2.05) is 6.07 Å². The summed E-state index contributed by atoms with van der Waals surface area (Å²) in [6.45, 7) is -13.4. The fourth-order valence-corrected chi connectivity index (χ4v) is 4.90. The number of nitriles is 1. The van der Waals surface area contributed by atoms with E-state index < -0.39 is 93.7 Å². The van der Waals surface area contributed by atoms with Gasteiger partial charge >= 0.3 is 0 Å². The van der Waals surface area contributed by atoms with Crippen molar-refractivity contribution < 1.29 is 31.5 Å². The SMILES string of the molecule is [2H]CC([2H])([2H])c1cc2c(cc1N1C([2H])([2H])C([2H])([2H])C([2H])(N3CC([2H])([2H])OC([2H])([2H])C3)C([2H])([2H])C1([2H])[2H])C(C)(C)c1[nH]c3cc(C#N)ccc3c1C2=O. The number of fused-ring (bicyclic) bond motifs is 4. The lowest BCUT2D eigenvalue weighted by Crippen LogP contribution is -2.49. The third kappa shape index (κ3) is 3.56. The molecule has 6 nitrogen and oxygen atoms in total. The van der Waals surface area contributed by atoms with Gasteiger partial charge in [0.05, 0.1) is 35.8 Å². The van der Waals surface area contributed by atoms with Crippen LogP contribution >= 0.6 is 0 Å². The average molecular weight is 499 g/mol. The normalized spacial score (nSPS) is 36.5. The van der Waals surface area contributed by atoms with Crippen molar-refractivity contribution in [3.63, 3.8) is 0 Å². The molecule has 1 aliphatic carbocycles. The van der Waals surface area contributed by atoms with Crippen molar-refractivity contribution in [3.8, 4) is 6.07 Å². The molecule has 1 N–H and O–H groups in total. The Hall–Kier alpha value is -3.14. The van der Waals surface area contributed by atoms with Gasteiger partial charge in [0, 0.05) is 81.8 Å². The topological polar surface area (TPSA) is 72.4 Å². The van der Waals surface area contributed by atoms with E-state index in [0.717, 1.165) is 12.1 Å². The molecule has 0 radical (unpaired) electrons.